The van der Waals surface area contributed by atoms with E-state index in [1.165, 1.54) is 39.0 Å². The molecule has 0 aromatic heterocycles. The average Bonchev–Trinajstić information content (AvgIpc) is 2.61. The van der Waals surface area contributed by atoms with Crippen molar-refractivity contribution < 1.29 is 13.2 Å². The number of rotatable bonds is 16. The van der Waals surface area contributed by atoms with Crippen LogP contribution in [0.3, 0.4) is 0 Å². The third kappa shape index (κ3) is 8.82. The number of unbranched alkanes of at least 4 members (excludes halogenated alkanes) is 11. The minimum atomic E-state index is -4.17. The molecule has 0 aromatic rings. The largest absolute Gasteiger partial charge is 0.394 e. The van der Waals surface area contributed by atoms with Crippen molar-refractivity contribution in [1.82, 2.24) is 0 Å². The molecule has 0 aliphatic rings. The van der Waals surface area contributed by atoms with Crippen LogP contribution in [0, 0.1) is 16.2 Å². The van der Waals surface area contributed by atoms with Crippen molar-refractivity contribution in [3.8, 4) is 0 Å². The van der Waals surface area contributed by atoms with Crippen LogP contribution >= 0.6 is 0 Å². The maximum atomic E-state index is 14.5. The highest BCUT2D eigenvalue weighted by molar-refractivity contribution is 5.03. The molecule has 0 heterocycles. The molecule has 0 N–H and O–H groups in total. The molecule has 0 aromatic carbocycles. The molecule has 0 radical (unpaired) electrons. The van der Waals surface area contributed by atoms with E-state index in [-0.39, 0.29) is 11.8 Å². The fourth-order valence-electron chi connectivity index (χ4n) is 4.90. The van der Waals surface area contributed by atoms with Crippen LogP contribution in [0.25, 0.3) is 0 Å². The lowest BCUT2D eigenvalue weighted by Crippen LogP contribution is -2.54. The van der Waals surface area contributed by atoms with Crippen LogP contribution in [0.5, 0.6) is 0 Å². The van der Waals surface area contributed by atoms with Crippen LogP contribution in [0.2, 0.25) is 0 Å². The summed E-state index contributed by atoms with van der Waals surface area (Å²) in [5.74, 6) is 0. The van der Waals surface area contributed by atoms with E-state index in [0.717, 1.165) is 44.9 Å². The molecule has 176 valence electrons. The Morgan fingerprint density at radius 1 is 0.448 bits per heavy atom. The van der Waals surface area contributed by atoms with Crippen LogP contribution in [-0.4, -0.2) is 6.18 Å². The summed E-state index contributed by atoms with van der Waals surface area (Å²) in [6, 6.07) is 0. The summed E-state index contributed by atoms with van der Waals surface area (Å²) < 4.78 is 43.4. The molecule has 0 saturated carbocycles. The van der Waals surface area contributed by atoms with Crippen LogP contribution in [0.15, 0.2) is 0 Å². The Balaban J connectivity index is 5.07. The highest BCUT2D eigenvalue weighted by Gasteiger charge is 2.63. The van der Waals surface area contributed by atoms with Gasteiger partial charge in [-0.25, -0.2) is 0 Å². The van der Waals surface area contributed by atoms with Gasteiger partial charge in [-0.1, -0.05) is 132 Å². The fourth-order valence-corrected chi connectivity index (χ4v) is 4.90. The highest BCUT2D eigenvalue weighted by Crippen LogP contribution is 2.63. The fraction of sp³-hybridized carbons (Fsp3) is 1.00. The van der Waals surface area contributed by atoms with Gasteiger partial charge in [0, 0.05) is 0 Å². The van der Waals surface area contributed by atoms with Crippen LogP contribution in [0.4, 0.5) is 13.2 Å². The molecule has 0 saturated heterocycles. The zero-order chi connectivity index (χ0) is 22.6. The van der Waals surface area contributed by atoms with E-state index in [9.17, 15) is 13.2 Å². The summed E-state index contributed by atoms with van der Waals surface area (Å²) in [5.41, 5.74) is -2.78. The first-order chi connectivity index (χ1) is 13.4. The quantitative estimate of drug-likeness (QED) is 0.218. The lowest BCUT2D eigenvalue weighted by Gasteiger charge is -2.55. The predicted molar refractivity (Wildman–Crippen MR) is 122 cm³/mol. The van der Waals surface area contributed by atoms with Gasteiger partial charge in [-0.2, -0.15) is 13.2 Å². The Morgan fingerprint density at radius 2 is 0.759 bits per heavy atom. The Bertz CT molecular complexity index is 407. The van der Waals surface area contributed by atoms with Gasteiger partial charge in [0.1, 0.15) is 0 Å². The van der Waals surface area contributed by atoms with Crippen molar-refractivity contribution in [2.45, 2.75) is 151 Å². The Kier molecular flexibility index (Phi) is 13.2. The molecule has 0 aliphatic carbocycles. The average molecular weight is 421 g/mol. The Morgan fingerprint density at radius 3 is 1.07 bits per heavy atom. The first-order valence-electron chi connectivity index (χ1n) is 12.4. The molecule has 2 unspecified atom stereocenters. The first kappa shape index (κ1) is 28.8. The molecule has 0 spiro atoms. The second-order valence-corrected chi connectivity index (χ2v) is 10.8. The summed E-state index contributed by atoms with van der Waals surface area (Å²) in [4.78, 5) is 0. The zero-order valence-electron chi connectivity index (χ0n) is 20.7. The maximum Gasteiger partial charge on any atom is 0.394 e. The third-order valence-corrected chi connectivity index (χ3v) is 7.81. The monoisotopic (exact) mass is 420 g/mol. The van der Waals surface area contributed by atoms with Gasteiger partial charge in [0.15, 0.2) is 0 Å². The van der Waals surface area contributed by atoms with Crippen molar-refractivity contribution >= 4 is 0 Å². The molecular formula is C26H51F3. The predicted octanol–water partition coefficient (Wildman–Crippen LogP) is 10.5. The lowest BCUT2D eigenvalue weighted by molar-refractivity contribution is -0.279. The van der Waals surface area contributed by atoms with Crippen LogP contribution < -0.4 is 0 Å². The summed E-state index contributed by atoms with van der Waals surface area (Å²) in [6.07, 6.45) is 11.0. The summed E-state index contributed by atoms with van der Waals surface area (Å²) in [6.45, 7) is 13.8. The van der Waals surface area contributed by atoms with Gasteiger partial charge in [-0.05, 0) is 23.7 Å². The topological polar surface area (TPSA) is 0 Å². The van der Waals surface area contributed by atoms with Gasteiger partial charge < -0.3 is 0 Å². The van der Waals surface area contributed by atoms with Crippen molar-refractivity contribution in [2.24, 2.45) is 16.2 Å². The number of hydrogen-bond donors (Lipinski definition) is 0. The van der Waals surface area contributed by atoms with E-state index >= 15 is 0 Å². The molecular weight excluding hydrogens is 369 g/mol. The second kappa shape index (κ2) is 13.3. The van der Waals surface area contributed by atoms with E-state index in [1.54, 1.807) is 0 Å². The minimum absolute atomic E-state index is 0.258. The number of hydrogen-bond acceptors (Lipinski definition) is 0. The van der Waals surface area contributed by atoms with Crippen LogP contribution in [-0.2, 0) is 0 Å². The molecule has 2 atom stereocenters. The van der Waals surface area contributed by atoms with Crippen molar-refractivity contribution in [1.29, 1.82) is 0 Å². The third-order valence-electron chi connectivity index (χ3n) is 7.81. The van der Waals surface area contributed by atoms with Crippen molar-refractivity contribution in [2.75, 3.05) is 0 Å². The van der Waals surface area contributed by atoms with Gasteiger partial charge in [0.2, 0.25) is 0 Å². The molecule has 29 heavy (non-hydrogen) atoms. The minimum Gasteiger partial charge on any atom is -0.170 e. The summed E-state index contributed by atoms with van der Waals surface area (Å²) >= 11 is 0. The van der Waals surface area contributed by atoms with Gasteiger partial charge in [-0.3, -0.25) is 0 Å². The maximum absolute atomic E-state index is 14.5. The standard InChI is InChI=1S/C26H51F3/c1-8-10-12-14-15-16-18-20-22-25(7,26(27,28)29)24(6,23(3,4)5)21-19-17-13-11-9-2/h8-22H2,1-7H3. The number of alkyl halides is 3. The molecule has 0 rings (SSSR count). The van der Waals surface area contributed by atoms with Crippen molar-refractivity contribution in [3.05, 3.63) is 0 Å². The Labute approximate surface area is 180 Å². The van der Waals surface area contributed by atoms with E-state index in [1.807, 2.05) is 27.7 Å². The summed E-state index contributed by atoms with van der Waals surface area (Å²) in [7, 11) is 0. The van der Waals surface area contributed by atoms with E-state index < -0.39 is 17.0 Å². The molecule has 0 aliphatic heterocycles. The van der Waals surface area contributed by atoms with E-state index in [2.05, 4.69) is 13.8 Å². The second-order valence-electron chi connectivity index (χ2n) is 10.8. The molecule has 3 heteroatoms. The number of halogens is 3. The molecule has 0 nitrogen and oxygen atoms in total. The smallest absolute Gasteiger partial charge is 0.170 e. The van der Waals surface area contributed by atoms with Crippen LogP contribution in [0.1, 0.15) is 145 Å². The first-order valence-corrected chi connectivity index (χ1v) is 12.4. The molecule has 0 bridgehead atoms. The van der Waals surface area contributed by atoms with Gasteiger partial charge in [-0.15, -0.1) is 0 Å². The zero-order valence-corrected chi connectivity index (χ0v) is 20.7. The Hall–Kier alpha value is -0.210. The lowest BCUT2D eigenvalue weighted by atomic mass is 9.50. The van der Waals surface area contributed by atoms with Gasteiger partial charge in [0.05, 0.1) is 5.41 Å². The summed E-state index contributed by atoms with van der Waals surface area (Å²) in [5, 5.41) is 0. The van der Waals surface area contributed by atoms with Crippen molar-refractivity contribution in [3.63, 3.8) is 0 Å². The normalized spacial score (nSPS) is 17.2. The van der Waals surface area contributed by atoms with Gasteiger partial charge in [0.25, 0.3) is 0 Å². The van der Waals surface area contributed by atoms with E-state index in [0.29, 0.717) is 12.8 Å². The van der Waals surface area contributed by atoms with E-state index in [4.69, 9.17) is 0 Å². The SMILES string of the molecule is CCCCCCCCCCC(C)(C(F)(F)F)C(C)(CCCCCCC)C(C)(C)C. The molecule has 0 fully saturated rings. The molecule has 0 amide bonds. The highest BCUT2D eigenvalue weighted by atomic mass is 19.4. The van der Waals surface area contributed by atoms with Gasteiger partial charge >= 0.3 is 6.18 Å².